The monoisotopic (exact) mass is 152 g/mol. The predicted octanol–water partition coefficient (Wildman–Crippen LogP) is 0.456. The summed E-state index contributed by atoms with van der Waals surface area (Å²) in [5, 5.41) is 0. The highest BCUT2D eigenvalue weighted by Gasteiger charge is 2.26. The van der Waals surface area contributed by atoms with E-state index in [4.69, 9.17) is 10.5 Å². The Kier molecular flexibility index (Phi) is 1.68. The summed E-state index contributed by atoms with van der Waals surface area (Å²) in [5.41, 5.74) is 7.02. The Morgan fingerprint density at radius 2 is 2.45 bits per heavy atom. The molecule has 11 heavy (non-hydrogen) atoms. The van der Waals surface area contributed by atoms with Crippen LogP contribution < -0.4 is 5.73 Å². The lowest BCUT2D eigenvalue weighted by atomic mass is 10.0. The molecular weight excluding hydrogens is 140 g/mol. The van der Waals surface area contributed by atoms with Crippen LogP contribution in [0.15, 0.2) is 18.3 Å². The highest BCUT2D eigenvalue weighted by molar-refractivity contribution is 5.13. The van der Waals surface area contributed by atoms with E-state index < -0.39 is 0 Å². The molecule has 0 amide bonds. The Balaban J connectivity index is 2.16. The molecule has 0 bridgehead atoms. The second-order valence-electron chi connectivity index (χ2n) is 2.93. The van der Waals surface area contributed by atoms with Gasteiger partial charge in [-0.2, -0.15) is 0 Å². The summed E-state index contributed by atoms with van der Waals surface area (Å²) in [6.07, 6.45) is 1.92. The first kappa shape index (κ1) is 6.88. The van der Waals surface area contributed by atoms with Gasteiger partial charge >= 0.3 is 0 Å². The van der Waals surface area contributed by atoms with E-state index in [0.29, 0.717) is 12.5 Å². The smallest absolute Gasteiger partial charge is 0.0625 e. The summed E-state index contributed by atoms with van der Waals surface area (Å²) in [7, 11) is 0. The molecule has 1 aromatic rings. The Morgan fingerprint density at radius 3 is 3.00 bits per heavy atom. The normalized spacial score (nSPS) is 31.0. The largest absolute Gasteiger partial charge is 0.379 e. The Bertz CT molecular complexity index is 220. The van der Waals surface area contributed by atoms with Crippen LogP contribution in [0.1, 0.15) is 11.6 Å². The van der Waals surface area contributed by atoms with Gasteiger partial charge in [0.1, 0.15) is 0 Å². The van der Waals surface area contributed by atoms with Crippen LogP contribution in [-0.4, -0.2) is 24.2 Å². The third-order valence-corrected chi connectivity index (χ3v) is 2.15. The second-order valence-corrected chi connectivity index (χ2v) is 2.93. The number of aromatic amines is 1. The minimum atomic E-state index is 0.161. The standard InChI is InChI=1S/C8H12N2O/c9-7-5-11-4-6(7)8-2-1-3-10-8/h1-3,6-7,10H,4-5,9H2/t6-,7-/m0/s1. The third kappa shape index (κ3) is 1.17. The van der Waals surface area contributed by atoms with E-state index in [2.05, 4.69) is 11.1 Å². The average molecular weight is 152 g/mol. The molecule has 1 saturated heterocycles. The third-order valence-electron chi connectivity index (χ3n) is 2.15. The molecule has 0 aliphatic carbocycles. The Hall–Kier alpha value is -0.800. The number of ether oxygens (including phenoxy) is 1. The fraction of sp³-hybridized carbons (Fsp3) is 0.500. The molecule has 2 atom stereocenters. The summed E-state index contributed by atoms with van der Waals surface area (Å²) < 4.78 is 5.25. The molecule has 1 aromatic heterocycles. The van der Waals surface area contributed by atoms with Crippen molar-refractivity contribution in [2.24, 2.45) is 5.73 Å². The first-order chi connectivity index (χ1) is 5.38. The van der Waals surface area contributed by atoms with E-state index >= 15 is 0 Å². The summed E-state index contributed by atoms with van der Waals surface area (Å²) >= 11 is 0. The van der Waals surface area contributed by atoms with Crippen LogP contribution in [0.25, 0.3) is 0 Å². The quantitative estimate of drug-likeness (QED) is 0.614. The van der Waals surface area contributed by atoms with Gasteiger partial charge in [-0.25, -0.2) is 0 Å². The van der Waals surface area contributed by atoms with Crippen molar-refractivity contribution in [1.29, 1.82) is 0 Å². The van der Waals surface area contributed by atoms with Crippen molar-refractivity contribution in [3.63, 3.8) is 0 Å². The zero-order chi connectivity index (χ0) is 7.68. The minimum Gasteiger partial charge on any atom is -0.379 e. The summed E-state index contributed by atoms with van der Waals surface area (Å²) in [5.74, 6) is 0.366. The van der Waals surface area contributed by atoms with Crippen LogP contribution in [-0.2, 0) is 4.74 Å². The van der Waals surface area contributed by atoms with Crippen molar-refractivity contribution < 1.29 is 4.74 Å². The number of nitrogens with two attached hydrogens (primary N) is 1. The van der Waals surface area contributed by atoms with E-state index in [0.717, 1.165) is 6.61 Å². The van der Waals surface area contributed by atoms with Gasteiger partial charge in [0.25, 0.3) is 0 Å². The van der Waals surface area contributed by atoms with Crippen LogP contribution in [0, 0.1) is 0 Å². The molecule has 0 aromatic carbocycles. The first-order valence-corrected chi connectivity index (χ1v) is 3.84. The first-order valence-electron chi connectivity index (χ1n) is 3.84. The zero-order valence-electron chi connectivity index (χ0n) is 6.29. The SMILES string of the molecule is N[C@H]1COC[C@@H]1c1ccc[nH]1. The molecule has 0 unspecified atom stereocenters. The van der Waals surface area contributed by atoms with Gasteiger partial charge in [0.15, 0.2) is 0 Å². The number of rotatable bonds is 1. The lowest BCUT2D eigenvalue weighted by Crippen LogP contribution is -2.26. The molecule has 3 N–H and O–H groups in total. The van der Waals surface area contributed by atoms with E-state index in [1.165, 1.54) is 5.69 Å². The van der Waals surface area contributed by atoms with Crippen molar-refractivity contribution >= 4 is 0 Å². The van der Waals surface area contributed by atoms with Gasteiger partial charge < -0.3 is 15.5 Å². The number of H-pyrrole nitrogens is 1. The van der Waals surface area contributed by atoms with Crippen molar-refractivity contribution in [1.82, 2.24) is 4.98 Å². The van der Waals surface area contributed by atoms with Crippen LogP contribution in [0.2, 0.25) is 0 Å². The van der Waals surface area contributed by atoms with E-state index in [-0.39, 0.29) is 6.04 Å². The molecule has 3 nitrogen and oxygen atoms in total. The van der Waals surface area contributed by atoms with Crippen molar-refractivity contribution in [3.05, 3.63) is 24.0 Å². The molecule has 3 heteroatoms. The van der Waals surface area contributed by atoms with E-state index in [9.17, 15) is 0 Å². The van der Waals surface area contributed by atoms with Gasteiger partial charge in [-0.05, 0) is 12.1 Å². The molecule has 60 valence electrons. The molecular formula is C8H12N2O. The number of hydrogen-bond acceptors (Lipinski definition) is 2. The lowest BCUT2D eigenvalue weighted by Gasteiger charge is -2.10. The van der Waals surface area contributed by atoms with Crippen LogP contribution in [0.5, 0.6) is 0 Å². The van der Waals surface area contributed by atoms with Gasteiger partial charge in [0.2, 0.25) is 0 Å². The summed E-state index contributed by atoms with van der Waals surface area (Å²) in [6, 6.07) is 4.20. The maximum Gasteiger partial charge on any atom is 0.0625 e. The maximum atomic E-state index is 5.83. The summed E-state index contributed by atoms with van der Waals surface area (Å²) in [6.45, 7) is 1.44. The minimum absolute atomic E-state index is 0.161. The highest BCUT2D eigenvalue weighted by atomic mass is 16.5. The maximum absolute atomic E-state index is 5.83. The second kappa shape index (κ2) is 2.68. The van der Waals surface area contributed by atoms with Gasteiger partial charge in [-0.3, -0.25) is 0 Å². The number of aromatic nitrogens is 1. The van der Waals surface area contributed by atoms with E-state index in [1.807, 2.05) is 12.3 Å². The lowest BCUT2D eigenvalue weighted by molar-refractivity contribution is 0.190. The fourth-order valence-electron chi connectivity index (χ4n) is 1.47. The fourth-order valence-corrected chi connectivity index (χ4v) is 1.47. The molecule has 2 rings (SSSR count). The summed E-state index contributed by atoms with van der Waals surface area (Å²) in [4.78, 5) is 3.15. The van der Waals surface area contributed by atoms with E-state index in [1.54, 1.807) is 0 Å². The van der Waals surface area contributed by atoms with Gasteiger partial charge in [-0.1, -0.05) is 0 Å². The molecule has 1 aliphatic rings. The van der Waals surface area contributed by atoms with Crippen molar-refractivity contribution in [2.45, 2.75) is 12.0 Å². The molecule has 1 fully saturated rings. The van der Waals surface area contributed by atoms with Gasteiger partial charge in [0, 0.05) is 23.9 Å². The van der Waals surface area contributed by atoms with Crippen LogP contribution in [0.4, 0.5) is 0 Å². The Labute approximate surface area is 65.5 Å². The zero-order valence-corrected chi connectivity index (χ0v) is 6.29. The average Bonchev–Trinajstić information content (AvgIpc) is 2.55. The number of hydrogen-bond donors (Lipinski definition) is 2. The van der Waals surface area contributed by atoms with Crippen LogP contribution >= 0.6 is 0 Å². The van der Waals surface area contributed by atoms with Gasteiger partial charge in [-0.15, -0.1) is 0 Å². The van der Waals surface area contributed by atoms with Crippen molar-refractivity contribution in [2.75, 3.05) is 13.2 Å². The number of nitrogens with one attached hydrogen (secondary N) is 1. The molecule has 0 spiro atoms. The molecule has 0 radical (unpaired) electrons. The molecule has 0 saturated carbocycles. The Morgan fingerprint density at radius 1 is 1.55 bits per heavy atom. The molecule has 1 aliphatic heterocycles. The predicted molar refractivity (Wildman–Crippen MR) is 42.3 cm³/mol. The molecule has 2 heterocycles. The van der Waals surface area contributed by atoms with Gasteiger partial charge in [0.05, 0.1) is 13.2 Å². The van der Waals surface area contributed by atoms with Crippen molar-refractivity contribution in [3.8, 4) is 0 Å². The van der Waals surface area contributed by atoms with Crippen LogP contribution in [0.3, 0.4) is 0 Å². The topological polar surface area (TPSA) is 51.0 Å². The highest BCUT2D eigenvalue weighted by Crippen LogP contribution is 2.22.